The first kappa shape index (κ1) is 12.8. The third kappa shape index (κ3) is 3.38. The third-order valence-electron chi connectivity index (χ3n) is 2.12. The predicted molar refractivity (Wildman–Crippen MR) is 63.4 cm³/mol. The Balaban J connectivity index is 2.76. The molecule has 2 N–H and O–H groups in total. The lowest BCUT2D eigenvalue weighted by Gasteiger charge is -2.12. The maximum absolute atomic E-state index is 11.7. The van der Waals surface area contributed by atoms with Crippen LogP contribution in [0.25, 0.3) is 0 Å². The summed E-state index contributed by atoms with van der Waals surface area (Å²) in [7, 11) is 0. The molecule has 0 bridgehead atoms. The van der Waals surface area contributed by atoms with E-state index in [1.54, 1.807) is 0 Å². The monoisotopic (exact) mass is 242 g/mol. The molecule has 0 fully saturated rings. The van der Waals surface area contributed by atoms with Gasteiger partial charge in [-0.25, -0.2) is 9.78 Å². The van der Waals surface area contributed by atoms with E-state index in [9.17, 15) is 4.79 Å². The average molecular weight is 243 g/mol. The molecule has 0 aliphatic carbocycles. The second kappa shape index (κ2) is 5.70. The van der Waals surface area contributed by atoms with Gasteiger partial charge in [0.25, 0.3) is 0 Å². The van der Waals surface area contributed by atoms with Crippen LogP contribution in [0, 0.1) is 0 Å². The summed E-state index contributed by atoms with van der Waals surface area (Å²) < 4.78 is 5.21. The molecule has 0 saturated carbocycles. The number of nitrogen functional groups attached to an aromatic ring is 1. The molecule has 88 valence electrons. The number of nitrogens with zero attached hydrogens (tertiary/aromatic N) is 1. The van der Waals surface area contributed by atoms with E-state index in [-0.39, 0.29) is 22.5 Å². The molecule has 5 heteroatoms. The SMILES string of the molecule is CCCC(C)OC(=O)c1cc(Cl)ncc1N. The van der Waals surface area contributed by atoms with Crippen molar-refractivity contribution >= 4 is 23.3 Å². The Morgan fingerprint density at radius 3 is 3.00 bits per heavy atom. The number of hydrogen-bond acceptors (Lipinski definition) is 4. The Bertz CT molecular complexity index is 382. The number of nitrogens with two attached hydrogens (primary N) is 1. The Kier molecular flexibility index (Phi) is 4.55. The number of carbonyl (C=O) groups excluding carboxylic acids is 1. The first-order chi connectivity index (χ1) is 7.54. The van der Waals surface area contributed by atoms with Crippen molar-refractivity contribution in [3.05, 3.63) is 23.0 Å². The zero-order valence-corrected chi connectivity index (χ0v) is 10.1. The number of esters is 1. The number of rotatable bonds is 4. The van der Waals surface area contributed by atoms with E-state index in [1.165, 1.54) is 12.3 Å². The minimum Gasteiger partial charge on any atom is -0.459 e. The molecule has 0 radical (unpaired) electrons. The van der Waals surface area contributed by atoms with Crippen molar-refractivity contribution in [1.29, 1.82) is 0 Å². The van der Waals surface area contributed by atoms with Gasteiger partial charge < -0.3 is 10.5 Å². The molecule has 1 aromatic rings. The highest BCUT2D eigenvalue weighted by molar-refractivity contribution is 6.29. The molecule has 0 spiro atoms. The summed E-state index contributed by atoms with van der Waals surface area (Å²) in [4.78, 5) is 15.5. The zero-order chi connectivity index (χ0) is 12.1. The summed E-state index contributed by atoms with van der Waals surface area (Å²) in [6.07, 6.45) is 3.01. The number of hydrogen-bond donors (Lipinski definition) is 1. The Morgan fingerprint density at radius 1 is 1.69 bits per heavy atom. The molecule has 4 nitrogen and oxygen atoms in total. The summed E-state index contributed by atoms with van der Waals surface area (Å²) in [5.74, 6) is -0.456. The fourth-order valence-electron chi connectivity index (χ4n) is 1.33. The molecular weight excluding hydrogens is 228 g/mol. The molecule has 0 saturated heterocycles. The maximum atomic E-state index is 11.7. The highest BCUT2D eigenvalue weighted by atomic mass is 35.5. The normalized spacial score (nSPS) is 12.2. The quantitative estimate of drug-likeness (QED) is 0.651. The number of anilines is 1. The highest BCUT2D eigenvalue weighted by Gasteiger charge is 2.15. The van der Waals surface area contributed by atoms with Gasteiger partial charge in [0.1, 0.15) is 5.15 Å². The molecule has 0 aliphatic heterocycles. The van der Waals surface area contributed by atoms with Gasteiger partial charge in [-0.3, -0.25) is 0 Å². The molecule has 16 heavy (non-hydrogen) atoms. The standard InChI is InChI=1S/C11H15ClN2O2/c1-3-4-7(2)16-11(15)8-5-10(12)14-6-9(8)13/h5-7H,3-4,13H2,1-2H3. The number of aromatic nitrogens is 1. The van der Waals surface area contributed by atoms with Crippen LogP contribution in [-0.2, 0) is 4.74 Å². The number of carbonyl (C=O) groups is 1. The molecular formula is C11H15ClN2O2. The van der Waals surface area contributed by atoms with E-state index in [0.29, 0.717) is 0 Å². The van der Waals surface area contributed by atoms with Crippen LogP contribution in [0.15, 0.2) is 12.3 Å². The van der Waals surface area contributed by atoms with Crippen LogP contribution >= 0.6 is 11.6 Å². The Morgan fingerprint density at radius 2 is 2.38 bits per heavy atom. The fraction of sp³-hybridized carbons (Fsp3) is 0.455. The Labute approximate surface area is 99.8 Å². The second-order valence-corrected chi connectivity index (χ2v) is 3.99. The van der Waals surface area contributed by atoms with Crippen LogP contribution in [0.1, 0.15) is 37.0 Å². The smallest absolute Gasteiger partial charge is 0.340 e. The van der Waals surface area contributed by atoms with Crippen molar-refractivity contribution < 1.29 is 9.53 Å². The first-order valence-corrected chi connectivity index (χ1v) is 5.54. The molecule has 1 unspecified atom stereocenters. The minimum atomic E-state index is -0.456. The van der Waals surface area contributed by atoms with Gasteiger partial charge in [-0.05, 0) is 19.4 Å². The van der Waals surface area contributed by atoms with Crippen LogP contribution in [0.4, 0.5) is 5.69 Å². The van der Waals surface area contributed by atoms with Gasteiger partial charge in [0, 0.05) is 0 Å². The molecule has 1 aromatic heterocycles. The first-order valence-electron chi connectivity index (χ1n) is 5.16. The van der Waals surface area contributed by atoms with Crippen molar-refractivity contribution in [2.45, 2.75) is 32.8 Å². The van der Waals surface area contributed by atoms with Crippen molar-refractivity contribution in [2.75, 3.05) is 5.73 Å². The van der Waals surface area contributed by atoms with Gasteiger partial charge in [-0.2, -0.15) is 0 Å². The minimum absolute atomic E-state index is 0.121. The lowest BCUT2D eigenvalue weighted by molar-refractivity contribution is 0.0324. The van der Waals surface area contributed by atoms with E-state index in [1.807, 2.05) is 13.8 Å². The number of ether oxygens (including phenoxy) is 1. The molecule has 0 amide bonds. The number of pyridine rings is 1. The van der Waals surface area contributed by atoms with Crippen LogP contribution in [0.3, 0.4) is 0 Å². The lowest BCUT2D eigenvalue weighted by atomic mass is 10.2. The third-order valence-corrected chi connectivity index (χ3v) is 2.33. The zero-order valence-electron chi connectivity index (χ0n) is 9.37. The fourth-order valence-corrected chi connectivity index (χ4v) is 1.49. The summed E-state index contributed by atoms with van der Waals surface area (Å²) in [5, 5.41) is 0.226. The average Bonchev–Trinajstić information content (AvgIpc) is 2.21. The van der Waals surface area contributed by atoms with Gasteiger partial charge in [-0.15, -0.1) is 0 Å². The van der Waals surface area contributed by atoms with Crippen LogP contribution in [-0.4, -0.2) is 17.1 Å². The van der Waals surface area contributed by atoms with E-state index < -0.39 is 5.97 Å². The summed E-state index contributed by atoms with van der Waals surface area (Å²) in [6.45, 7) is 3.88. The van der Waals surface area contributed by atoms with E-state index in [2.05, 4.69) is 4.98 Å². The lowest BCUT2D eigenvalue weighted by Crippen LogP contribution is -2.16. The second-order valence-electron chi connectivity index (χ2n) is 3.60. The maximum Gasteiger partial charge on any atom is 0.340 e. The predicted octanol–water partition coefficient (Wildman–Crippen LogP) is 2.66. The summed E-state index contributed by atoms with van der Waals surface area (Å²) in [5.41, 5.74) is 6.16. The number of halogens is 1. The Hall–Kier alpha value is -1.29. The largest absolute Gasteiger partial charge is 0.459 e. The van der Waals surface area contributed by atoms with Crippen LogP contribution in [0.2, 0.25) is 5.15 Å². The van der Waals surface area contributed by atoms with Gasteiger partial charge in [-0.1, -0.05) is 24.9 Å². The molecule has 1 heterocycles. The van der Waals surface area contributed by atoms with Crippen molar-refractivity contribution in [2.24, 2.45) is 0 Å². The van der Waals surface area contributed by atoms with Crippen LogP contribution in [0.5, 0.6) is 0 Å². The van der Waals surface area contributed by atoms with Gasteiger partial charge >= 0.3 is 5.97 Å². The van der Waals surface area contributed by atoms with E-state index in [0.717, 1.165) is 12.8 Å². The van der Waals surface area contributed by atoms with E-state index in [4.69, 9.17) is 22.1 Å². The van der Waals surface area contributed by atoms with E-state index >= 15 is 0 Å². The van der Waals surface area contributed by atoms with Crippen LogP contribution < -0.4 is 5.73 Å². The highest BCUT2D eigenvalue weighted by Crippen LogP contribution is 2.17. The molecule has 0 aromatic carbocycles. The topological polar surface area (TPSA) is 65.2 Å². The van der Waals surface area contributed by atoms with Crippen molar-refractivity contribution in [3.8, 4) is 0 Å². The van der Waals surface area contributed by atoms with Crippen molar-refractivity contribution in [1.82, 2.24) is 4.98 Å². The van der Waals surface area contributed by atoms with Gasteiger partial charge in [0.15, 0.2) is 0 Å². The summed E-state index contributed by atoms with van der Waals surface area (Å²) in [6, 6.07) is 1.41. The summed E-state index contributed by atoms with van der Waals surface area (Å²) >= 11 is 5.68. The van der Waals surface area contributed by atoms with Crippen molar-refractivity contribution in [3.63, 3.8) is 0 Å². The van der Waals surface area contributed by atoms with Gasteiger partial charge in [0.05, 0.1) is 23.6 Å². The molecule has 0 aliphatic rings. The van der Waals surface area contributed by atoms with Gasteiger partial charge in [0.2, 0.25) is 0 Å². The molecule has 1 rings (SSSR count). The molecule has 1 atom stereocenters.